The van der Waals surface area contributed by atoms with Crippen LogP contribution in [0, 0.1) is 19.8 Å². The number of hydrogen-bond acceptors (Lipinski definition) is 3. The summed E-state index contributed by atoms with van der Waals surface area (Å²) >= 11 is 0. The van der Waals surface area contributed by atoms with Gasteiger partial charge >= 0.3 is 0 Å². The van der Waals surface area contributed by atoms with Crippen LogP contribution < -0.4 is 10.9 Å². The Hall–Kier alpha value is -2.40. The fourth-order valence-corrected chi connectivity index (χ4v) is 3.27. The molecule has 0 spiro atoms. The third kappa shape index (κ3) is 4.57. The number of hydrogen-bond donors (Lipinski definition) is 2. The SMILES string of the molecule is Cc1ccc(CN2CC[C@H](CNC(=O)c3ccc(=O)[nH]c3)C2)cc1C. The van der Waals surface area contributed by atoms with Crippen LogP contribution in [0.5, 0.6) is 0 Å². The molecular weight excluding hydrogens is 314 g/mol. The molecule has 1 aromatic carbocycles. The predicted molar refractivity (Wildman–Crippen MR) is 98.7 cm³/mol. The zero-order valence-electron chi connectivity index (χ0n) is 14.8. The van der Waals surface area contributed by atoms with E-state index in [9.17, 15) is 9.59 Å². The Bertz CT molecular complexity index is 792. The van der Waals surface area contributed by atoms with Crippen LogP contribution in [0.2, 0.25) is 0 Å². The van der Waals surface area contributed by atoms with Crippen LogP contribution in [-0.4, -0.2) is 35.4 Å². The molecule has 1 atom stereocenters. The molecule has 1 fully saturated rings. The Morgan fingerprint density at radius 3 is 2.80 bits per heavy atom. The summed E-state index contributed by atoms with van der Waals surface area (Å²) in [5, 5.41) is 2.97. The highest BCUT2D eigenvalue weighted by Crippen LogP contribution is 2.19. The third-order valence-corrected chi connectivity index (χ3v) is 4.95. The minimum Gasteiger partial charge on any atom is -0.352 e. The van der Waals surface area contributed by atoms with Crippen LogP contribution in [0.25, 0.3) is 0 Å². The Morgan fingerprint density at radius 2 is 2.08 bits per heavy atom. The molecule has 132 valence electrons. The first kappa shape index (κ1) is 17.4. The topological polar surface area (TPSA) is 65.2 Å². The quantitative estimate of drug-likeness (QED) is 0.878. The van der Waals surface area contributed by atoms with Crippen molar-refractivity contribution < 1.29 is 4.79 Å². The molecule has 2 aromatic rings. The van der Waals surface area contributed by atoms with Crippen LogP contribution >= 0.6 is 0 Å². The third-order valence-electron chi connectivity index (χ3n) is 4.95. The molecule has 25 heavy (non-hydrogen) atoms. The lowest BCUT2D eigenvalue weighted by atomic mass is 10.1. The van der Waals surface area contributed by atoms with Gasteiger partial charge in [0.15, 0.2) is 0 Å². The lowest BCUT2D eigenvalue weighted by Gasteiger charge is -2.17. The average Bonchev–Trinajstić information content (AvgIpc) is 3.04. The molecule has 0 saturated carbocycles. The Morgan fingerprint density at radius 1 is 1.24 bits per heavy atom. The standard InChI is InChI=1S/C20H25N3O2/c1-14-3-4-16(9-15(14)2)12-23-8-7-17(13-23)10-22-20(25)18-5-6-19(24)21-11-18/h3-6,9,11,17H,7-8,10,12-13H2,1-2H3,(H,21,24)(H,22,25)/t17-/m1/s1. The molecule has 5 nitrogen and oxygen atoms in total. The summed E-state index contributed by atoms with van der Waals surface area (Å²) in [5.74, 6) is 0.335. The second-order valence-electron chi connectivity index (χ2n) is 6.96. The van der Waals surface area contributed by atoms with Gasteiger partial charge in [-0.3, -0.25) is 14.5 Å². The van der Waals surface area contributed by atoms with Gasteiger partial charge in [-0.15, -0.1) is 0 Å². The van der Waals surface area contributed by atoms with Crippen molar-refractivity contribution in [3.8, 4) is 0 Å². The number of nitrogens with zero attached hydrogens (tertiary/aromatic N) is 1. The van der Waals surface area contributed by atoms with Gasteiger partial charge in [0.1, 0.15) is 0 Å². The van der Waals surface area contributed by atoms with Gasteiger partial charge in [-0.1, -0.05) is 18.2 Å². The smallest absolute Gasteiger partial charge is 0.252 e. The second-order valence-corrected chi connectivity index (χ2v) is 6.96. The molecule has 1 saturated heterocycles. The van der Waals surface area contributed by atoms with Crippen molar-refractivity contribution in [2.75, 3.05) is 19.6 Å². The number of aromatic nitrogens is 1. The van der Waals surface area contributed by atoms with E-state index in [1.165, 1.54) is 29.0 Å². The number of benzene rings is 1. The number of nitrogens with one attached hydrogen (secondary N) is 2. The van der Waals surface area contributed by atoms with Crippen LogP contribution in [0.3, 0.4) is 0 Å². The van der Waals surface area contributed by atoms with Gasteiger partial charge in [-0.25, -0.2) is 0 Å². The van der Waals surface area contributed by atoms with Crippen LogP contribution in [0.4, 0.5) is 0 Å². The van der Waals surface area contributed by atoms with E-state index in [-0.39, 0.29) is 11.5 Å². The van der Waals surface area contributed by atoms with Crippen molar-refractivity contribution in [3.63, 3.8) is 0 Å². The van der Waals surface area contributed by atoms with Gasteiger partial charge in [0.25, 0.3) is 5.91 Å². The van der Waals surface area contributed by atoms with Gasteiger partial charge in [-0.2, -0.15) is 0 Å². The van der Waals surface area contributed by atoms with Gasteiger partial charge in [0, 0.05) is 31.9 Å². The summed E-state index contributed by atoms with van der Waals surface area (Å²) in [6.07, 6.45) is 2.55. The van der Waals surface area contributed by atoms with Gasteiger partial charge in [0.2, 0.25) is 5.56 Å². The summed E-state index contributed by atoms with van der Waals surface area (Å²) in [7, 11) is 0. The first-order valence-electron chi connectivity index (χ1n) is 8.76. The molecule has 0 radical (unpaired) electrons. The molecule has 1 aliphatic heterocycles. The number of aryl methyl sites for hydroxylation is 2. The number of rotatable bonds is 5. The fourth-order valence-electron chi connectivity index (χ4n) is 3.27. The molecular formula is C20H25N3O2. The number of pyridine rings is 1. The normalized spacial score (nSPS) is 17.6. The largest absolute Gasteiger partial charge is 0.352 e. The van der Waals surface area contributed by atoms with Crippen molar-refractivity contribution in [1.29, 1.82) is 0 Å². The van der Waals surface area contributed by atoms with Gasteiger partial charge in [-0.05, 0) is 55.5 Å². The monoisotopic (exact) mass is 339 g/mol. The van der Waals surface area contributed by atoms with Crippen molar-refractivity contribution >= 4 is 5.91 Å². The highest BCUT2D eigenvalue weighted by Gasteiger charge is 2.23. The summed E-state index contributed by atoms with van der Waals surface area (Å²) in [4.78, 5) is 28.1. The Labute approximate surface area is 148 Å². The van der Waals surface area contributed by atoms with E-state index in [2.05, 4.69) is 47.2 Å². The number of likely N-dealkylation sites (tertiary alicyclic amines) is 1. The molecule has 3 rings (SSSR count). The highest BCUT2D eigenvalue weighted by atomic mass is 16.1. The zero-order valence-corrected chi connectivity index (χ0v) is 14.8. The van der Waals surface area contributed by atoms with Crippen molar-refractivity contribution in [3.05, 3.63) is 69.1 Å². The lowest BCUT2D eigenvalue weighted by molar-refractivity contribution is 0.0947. The van der Waals surface area contributed by atoms with Gasteiger partial charge in [0.05, 0.1) is 5.56 Å². The van der Waals surface area contributed by atoms with Gasteiger partial charge < -0.3 is 10.3 Å². The van der Waals surface area contributed by atoms with Crippen molar-refractivity contribution in [2.24, 2.45) is 5.92 Å². The van der Waals surface area contributed by atoms with Crippen LogP contribution in [0.1, 0.15) is 33.5 Å². The van der Waals surface area contributed by atoms with Crippen LogP contribution in [0.15, 0.2) is 41.3 Å². The first-order chi connectivity index (χ1) is 12.0. The van der Waals surface area contributed by atoms with E-state index >= 15 is 0 Å². The molecule has 5 heteroatoms. The van der Waals surface area contributed by atoms with E-state index in [0.29, 0.717) is 18.0 Å². The predicted octanol–water partition coefficient (Wildman–Crippen LogP) is 2.24. The van der Waals surface area contributed by atoms with E-state index in [1.807, 2.05) is 0 Å². The van der Waals surface area contributed by atoms with Crippen molar-refractivity contribution in [2.45, 2.75) is 26.8 Å². The lowest BCUT2D eigenvalue weighted by Crippen LogP contribution is -2.31. The minimum absolute atomic E-state index is 0.135. The van der Waals surface area contributed by atoms with E-state index in [0.717, 1.165) is 26.1 Å². The first-order valence-corrected chi connectivity index (χ1v) is 8.76. The molecule has 0 unspecified atom stereocenters. The Kier molecular flexibility index (Phi) is 5.34. The number of H-pyrrole nitrogens is 1. The molecule has 0 aliphatic carbocycles. The maximum Gasteiger partial charge on any atom is 0.252 e. The average molecular weight is 339 g/mol. The zero-order chi connectivity index (χ0) is 17.8. The second kappa shape index (κ2) is 7.66. The molecule has 1 amide bonds. The molecule has 1 aromatic heterocycles. The summed E-state index contributed by atoms with van der Waals surface area (Å²) in [5.41, 5.74) is 4.30. The molecule has 1 aliphatic rings. The maximum absolute atomic E-state index is 12.1. The summed E-state index contributed by atoms with van der Waals surface area (Å²) in [6.45, 7) is 7.98. The number of amides is 1. The number of carbonyl (C=O) groups excluding carboxylic acids is 1. The molecule has 2 heterocycles. The highest BCUT2D eigenvalue weighted by molar-refractivity contribution is 5.93. The van der Waals surface area contributed by atoms with Crippen molar-refractivity contribution in [1.82, 2.24) is 15.2 Å². The fraction of sp³-hybridized carbons (Fsp3) is 0.400. The number of carbonyl (C=O) groups is 1. The Balaban J connectivity index is 1.48. The number of aromatic amines is 1. The van der Waals surface area contributed by atoms with E-state index in [4.69, 9.17) is 0 Å². The summed E-state index contributed by atoms with van der Waals surface area (Å²) in [6, 6.07) is 9.57. The molecule has 0 bridgehead atoms. The van der Waals surface area contributed by atoms with E-state index in [1.54, 1.807) is 6.07 Å². The summed E-state index contributed by atoms with van der Waals surface area (Å²) < 4.78 is 0. The molecule has 2 N–H and O–H groups in total. The maximum atomic E-state index is 12.1. The van der Waals surface area contributed by atoms with E-state index < -0.39 is 0 Å². The minimum atomic E-state index is -0.200. The van der Waals surface area contributed by atoms with Crippen LogP contribution in [-0.2, 0) is 6.54 Å².